The van der Waals surface area contributed by atoms with Crippen LogP contribution in [0.5, 0.6) is 0 Å². The van der Waals surface area contributed by atoms with Crippen molar-refractivity contribution in [3.8, 4) is 11.3 Å². The number of nitrogens with one attached hydrogen (secondary N) is 3. The molecule has 168 valence electrons. The molecule has 1 fully saturated rings. The maximum Gasteiger partial charge on any atom is 0.411 e. The van der Waals surface area contributed by atoms with Crippen molar-refractivity contribution in [2.45, 2.75) is 31.7 Å². The van der Waals surface area contributed by atoms with Crippen LogP contribution in [-0.4, -0.2) is 53.2 Å². The average Bonchev–Trinajstić information content (AvgIpc) is 3.26. The quantitative estimate of drug-likeness (QED) is 0.611. The molecule has 2 bridgehead atoms. The molecule has 10 heteroatoms. The number of rotatable bonds is 2. The third kappa shape index (κ3) is 4.74. The highest BCUT2D eigenvalue weighted by Crippen LogP contribution is 2.33. The molecule has 0 spiro atoms. The Balaban J connectivity index is 1.72. The van der Waals surface area contributed by atoms with Crippen LogP contribution in [0.3, 0.4) is 0 Å². The molecule has 4 rings (SSSR count). The standard InChI is InChI=1S/C22H25N5O5/c1-31-21(29)24-14-8-9-15-16(12-14)25-19(28)7-4-2-3-6-18(20-23-13-17(15)26-20)27-10-5-11-32-22(27)30/h2-3,8-9,12-13,18H,4-7,10-11H2,1H3,(H,23,26)(H,24,29)(H,25,28)/b3-2+. The van der Waals surface area contributed by atoms with E-state index in [1.54, 1.807) is 29.3 Å². The van der Waals surface area contributed by atoms with Gasteiger partial charge in [0.25, 0.3) is 0 Å². The molecule has 3 heterocycles. The SMILES string of the molecule is COC(=O)Nc1ccc2c(c1)NC(=O)CC/C=C/CC(N1CCCOC1=O)c1ncc-2[nH]1. The first-order chi connectivity index (χ1) is 15.5. The summed E-state index contributed by atoms with van der Waals surface area (Å²) in [4.78, 5) is 46.0. The van der Waals surface area contributed by atoms with Crippen molar-refractivity contribution in [2.75, 3.05) is 30.9 Å². The molecule has 1 saturated heterocycles. The number of cyclic esters (lactones) is 1. The van der Waals surface area contributed by atoms with E-state index < -0.39 is 6.09 Å². The van der Waals surface area contributed by atoms with Gasteiger partial charge >= 0.3 is 12.2 Å². The number of imidazole rings is 1. The topological polar surface area (TPSA) is 126 Å². The summed E-state index contributed by atoms with van der Waals surface area (Å²) in [5.74, 6) is 0.484. The number of aromatic amines is 1. The molecule has 1 aromatic carbocycles. The number of ether oxygens (including phenoxy) is 2. The molecule has 32 heavy (non-hydrogen) atoms. The van der Waals surface area contributed by atoms with Crippen molar-refractivity contribution in [1.82, 2.24) is 14.9 Å². The molecule has 0 radical (unpaired) electrons. The molecular formula is C22H25N5O5. The number of methoxy groups -OCH3 is 1. The lowest BCUT2D eigenvalue weighted by molar-refractivity contribution is -0.116. The van der Waals surface area contributed by atoms with Gasteiger partial charge in [0.15, 0.2) is 0 Å². The molecule has 3 amide bonds. The van der Waals surface area contributed by atoms with Gasteiger partial charge in [-0.25, -0.2) is 14.6 Å². The minimum Gasteiger partial charge on any atom is -0.453 e. The van der Waals surface area contributed by atoms with Gasteiger partial charge in [0.1, 0.15) is 5.82 Å². The Morgan fingerprint density at radius 3 is 3.00 bits per heavy atom. The van der Waals surface area contributed by atoms with Crippen molar-refractivity contribution in [2.24, 2.45) is 0 Å². The summed E-state index contributed by atoms with van der Waals surface area (Å²) < 4.78 is 9.87. The summed E-state index contributed by atoms with van der Waals surface area (Å²) in [5.41, 5.74) is 2.39. The normalized spacial score (nSPS) is 19.9. The Morgan fingerprint density at radius 2 is 2.19 bits per heavy atom. The Kier molecular flexibility index (Phi) is 6.39. The van der Waals surface area contributed by atoms with E-state index in [2.05, 4.69) is 25.3 Å². The predicted octanol–water partition coefficient (Wildman–Crippen LogP) is 3.82. The number of fused-ring (bicyclic) bond motifs is 4. The van der Waals surface area contributed by atoms with Crippen LogP contribution in [0, 0.1) is 0 Å². The number of benzene rings is 1. The number of nitrogens with zero attached hydrogens (tertiary/aromatic N) is 2. The smallest absolute Gasteiger partial charge is 0.411 e. The van der Waals surface area contributed by atoms with Crippen LogP contribution in [0.25, 0.3) is 11.3 Å². The van der Waals surface area contributed by atoms with Crippen LogP contribution in [0.4, 0.5) is 21.0 Å². The highest BCUT2D eigenvalue weighted by molar-refractivity contribution is 5.97. The van der Waals surface area contributed by atoms with E-state index in [0.717, 1.165) is 6.42 Å². The highest BCUT2D eigenvalue weighted by Gasteiger charge is 2.30. The van der Waals surface area contributed by atoms with Gasteiger partial charge in [-0.1, -0.05) is 12.2 Å². The second-order valence-corrected chi connectivity index (χ2v) is 7.53. The zero-order valence-corrected chi connectivity index (χ0v) is 17.7. The Hall–Kier alpha value is -3.82. The summed E-state index contributed by atoms with van der Waals surface area (Å²) in [6, 6.07) is 4.85. The largest absolute Gasteiger partial charge is 0.453 e. The average molecular weight is 439 g/mol. The van der Waals surface area contributed by atoms with Gasteiger partial charge in [-0.15, -0.1) is 0 Å². The van der Waals surface area contributed by atoms with Crippen LogP contribution in [0.15, 0.2) is 36.5 Å². The van der Waals surface area contributed by atoms with Crippen molar-refractivity contribution in [3.05, 3.63) is 42.4 Å². The molecule has 1 atom stereocenters. The fourth-order valence-corrected chi connectivity index (χ4v) is 3.78. The monoisotopic (exact) mass is 439 g/mol. The summed E-state index contributed by atoms with van der Waals surface area (Å²) in [6.45, 7) is 1.01. The number of hydrogen-bond donors (Lipinski definition) is 3. The van der Waals surface area contributed by atoms with Gasteiger partial charge in [-0.3, -0.25) is 15.0 Å². The van der Waals surface area contributed by atoms with E-state index in [1.165, 1.54) is 7.11 Å². The number of hydrogen-bond acceptors (Lipinski definition) is 6. The molecule has 0 aliphatic carbocycles. The van der Waals surface area contributed by atoms with Crippen LogP contribution >= 0.6 is 0 Å². The molecule has 3 N–H and O–H groups in total. The maximum atomic E-state index is 12.5. The summed E-state index contributed by atoms with van der Waals surface area (Å²) >= 11 is 0. The van der Waals surface area contributed by atoms with E-state index in [4.69, 9.17) is 4.74 Å². The minimum atomic E-state index is -0.605. The zero-order valence-electron chi connectivity index (χ0n) is 17.7. The first kappa shape index (κ1) is 21.4. The number of carbonyl (C=O) groups excluding carboxylic acids is 3. The van der Waals surface area contributed by atoms with Crippen LogP contribution in [-0.2, 0) is 14.3 Å². The minimum absolute atomic E-state index is 0.152. The first-order valence-corrected chi connectivity index (χ1v) is 10.5. The molecule has 2 aliphatic heterocycles. The van der Waals surface area contributed by atoms with E-state index in [0.29, 0.717) is 60.9 Å². The summed E-state index contributed by atoms with van der Waals surface area (Å²) in [5, 5.41) is 5.51. The van der Waals surface area contributed by atoms with E-state index >= 15 is 0 Å². The van der Waals surface area contributed by atoms with Gasteiger partial charge in [0.2, 0.25) is 5.91 Å². The number of anilines is 2. The lowest BCUT2D eigenvalue weighted by Gasteiger charge is -2.32. The lowest BCUT2D eigenvalue weighted by atomic mass is 10.1. The fourth-order valence-electron chi connectivity index (χ4n) is 3.78. The van der Waals surface area contributed by atoms with Crippen molar-refractivity contribution >= 4 is 29.5 Å². The number of aromatic nitrogens is 2. The number of carbonyl (C=O) groups is 3. The zero-order chi connectivity index (χ0) is 22.5. The molecule has 2 aromatic rings. The fraction of sp³-hybridized carbons (Fsp3) is 0.364. The third-order valence-electron chi connectivity index (χ3n) is 5.37. The molecular weight excluding hydrogens is 414 g/mol. The predicted molar refractivity (Wildman–Crippen MR) is 117 cm³/mol. The van der Waals surface area contributed by atoms with Gasteiger partial charge in [0, 0.05) is 24.2 Å². The van der Waals surface area contributed by atoms with Crippen LogP contribution < -0.4 is 10.6 Å². The third-order valence-corrected chi connectivity index (χ3v) is 5.37. The summed E-state index contributed by atoms with van der Waals surface area (Å²) in [7, 11) is 1.28. The molecule has 10 nitrogen and oxygen atoms in total. The Morgan fingerprint density at radius 1 is 1.31 bits per heavy atom. The Bertz CT molecular complexity index is 1050. The molecule has 2 aliphatic rings. The van der Waals surface area contributed by atoms with E-state index in [-0.39, 0.29) is 18.0 Å². The van der Waals surface area contributed by atoms with Crippen molar-refractivity contribution < 1.29 is 23.9 Å². The second-order valence-electron chi connectivity index (χ2n) is 7.53. The van der Waals surface area contributed by atoms with Crippen molar-refractivity contribution in [1.29, 1.82) is 0 Å². The Labute approximate surface area is 185 Å². The summed E-state index contributed by atoms with van der Waals surface area (Å²) in [6.07, 6.45) is 6.78. The molecule has 1 unspecified atom stereocenters. The maximum absolute atomic E-state index is 12.5. The molecule has 0 saturated carbocycles. The number of amides is 3. The van der Waals surface area contributed by atoms with E-state index in [1.807, 2.05) is 12.2 Å². The van der Waals surface area contributed by atoms with Crippen LogP contribution in [0.2, 0.25) is 0 Å². The van der Waals surface area contributed by atoms with Crippen molar-refractivity contribution in [3.63, 3.8) is 0 Å². The van der Waals surface area contributed by atoms with Gasteiger partial charge in [0.05, 0.1) is 37.3 Å². The van der Waals surface area contributed by atoms with Gasteiger partial charge in [-0.2, -0.15) is 0 Å². The number of allylic oxidation sites excluding steroid dienone is 1. The lowest BCUT2D eigenvalue weighted by Crippen LogP contribution is -2.40. The van der Waals surface area contributed by atoms with Crippen LogP contribution in [0.1, 0.15) is 37.5 Å². The van der Waals surface area contributed by atoms with E-state index in [9.17, 15) is 14.4 Å². The van der Waals surface area contributed by atoms with Gasteiger partial charge < -0.3 is 19.8 Å². The van der Waals surface area contributed by atoms with Gasteiger partial charge in [-0.05, 0) is 37.5 Å². The molecule has 1 aromatic heterocycles. The second kappa shape index (κ2) is 9.54. The number of H-pyrrole nitrogens is 1. The first-order valence-electron chi connectivity index (χ1n) is 10.5. The highest BCUT2D eigenvalue weighted by atomic mass is 16.6.